The van der Waals surface area contributed by atoms with Gasteiger partial charge in [0, 0.05) is 12.0 Å². The van der Waals surface area contributed by atoms with Crippen LogP contribution >= 0.6 is 0 Å². The molecule has 0 radical (unpaired) electrons. The van der Waals surface area contributed by atoms with E-state index in [0.717, 1.165) is 36.8 Å². The average Bonchev–Trinajstić information content (AvgIpc) is 3.31. The van der Waals surface area contributed by atoms with Crippen LogP contribution in [0.25, 0.3) is 11.1 Å². The largest absolute Gasteiger partial charge is 0.480 e. The van der Waals surface area contributed by atoms with Crippen molar-refractivity contribution in [2.75, 3.05) is 13.2 Å². The molecule has 0 unspecified atom stereocenters. The van der Waals surface area contributed by atoms with Crippen molar-refractivity contribution in [1.29, 1.82) is 0 Å². The lowest BCUT2D eigenvalue weighted by Gasteiger charge is -2.27. The monoisotopic (exact) mass is 365 g/mol. The van der Waals surface area contributed by atoms with Crippen molar-refractivity contribution in [2.24, 2.45) is 0 Å². The highest BCUT2D eigenvalue weighted by molar-refractivity contribution is 5.79. The third-order valence-electron chi connectivity index (χ3n) is 5.64. The molecule has 0 heterocycles. The number of hydrogen-bond acceptors (Lipinski definition) is 3. The van der Waals surface area contributed by atoms with Crippen LogP contribution in [0.5, 0.6) is 0 Å². The summed E-state index contributed by atoms with van der Waals surface area (Å²) < 4.78 is 5.64. The fourth-order valence-corrected chi connectivity index (χ4v) is 4.38. The maximum absolute atomic E-state index is 12.7. The van der Waals surface area contributed by atoms with Gasteiger partial charge in [0.15, 0.2) is 0 Å². The summed E-state index contributed by atoms with van der Waals surface area (Å²) in [4.78, 5) is 25.3. The molecule has 2 aliphatic carbocycles. The number of fused-ring (bicyclic) bond motifs is 3. The van der Waals surface area contributed by atoms with E-state index in [9.17, 15) is 14.7 Å². The lowest BCUT2D eigenvalue weighted by molar-refractivity contribution is -0.138. The Morgan fingerprint density at radius 1 is 0.963 bits per heavy atom. The number of amides is 1. The number of rotatable bonds is 5. The van der Waals surface area contributed by atoms with Crippen LogP contribution in [0.3, 0.4) is 0 Å². The zero-order valence-electron chi connectivity index (χ0n) is 15.1. The van der Waals surface area contributed by atoms with Crippen molar-refractivity contribution < 1.29 is 19.4 Å². The summed E-state index contributed by atoms with van der Waals surface area (Å²) >= 11 is 0. The summed E-state index contributed by atoms with van der Waals surface area (Å²) in [5.41, 5.74) is 4.65. The molecule has 0 bridgehead atoms. The molecule has 27 heavy (non-hydrogen) atoms. The number of carboxylic acids is 1. The fraction of sp³-hybridized carbons (Fsp3) is 0.364. The van der Waals surface area contributed by atoms with Crippen LogP contribution in [-0.2, 0) is 9.53 Å². The maximum Gasteiger partial charge on any atom is 0.410 e. The number of ether oxygens (including phenoxy) is 1. The average molecular weight is 365 g/mol. The van der Waals surface area contributed by atoms with Crippen LogP contribution in [0.1, 0.15) is 42.7 Å². The second-order valence-corrected chi connectivity index (χ2v) is 7.26. The van der Waals surface area contributed by atoms with E-state index >= 15 is 0 Å². The van der Waals surface area contributed by atoms with E-state index in [1.54, 1.807) is 0 Å². The quantitative estimate of drug-likeness (QED) is 0.859. The molecule has 0 aliphatic heterocycles. The number of hydrogen-bond donors (Lipinski definition) is 1. The van der Waals surface area contributed by atoms with Gasteiger partial charge in [-0.15, -0.1) is 0 Å². The van der Waals surface area contributed by atoms with Crippen LogP contribution in [0.2, 0.25) is 0 Å². The molecule has 5 heteroatoms. The summed E-state index contributed by atoms with van der Waals surface area (Å²) in [5, 5.41) is 9.18. The van der Waals surface area contributed by atoms with Gasteiger partial charge < -0.3 is 9.84 Å². The van der Waals surface area contributed by atoms with Crippen molar-refractivity contribution in [3.63, 3.8) is 0 Å². The Morgan fingerprint density at radius 3 is 2.07 bits per heavy atom. The number of nitrogens with zero attached hydrogens (tertiary/aromatic N) is 1. The van der Waals surface area contributed by atoms with Gasteiger partial charge in [-0.05, 0) is 35.1 Å². The first-order valence-electron chi connectivity index (χ1n) is 9.48. The van der Waals surface area contributed by atoms with E-state index < -0.39 is 12.1 Å². The molecule has 2 aliphatic rings. The normalized spacial score (nSPS) is 16.0. The molecule has 1 saturated carbocycles. The summed E-state index contributed by atoms with van der Waals surface area (Å²) in [6, 6.07) is 16.3. The third-order valence-corrected chi connectivity index (χ3v) is 5.64. The van der Waals surface area contributed by atoms with Gasteiger partial charge in [0.05, 0.1) is 0 Å². The number of carboxylic acid groups (broad SMARTS) is 1. The Bertz CT molecular complexity index is 811. The Hall–Kier alpha value is -2.82. The third kappa shape index (κ3) is 3.42. The standard InChI is InChI=1S/C22H23NO4/c24-21(25)13-23(15-7-1-2-8-15)22(26)27-14-20-18-11-5-3-9-16(18)17-10-4-6-12-19(17)20/h3-6,9-12,15,20H,1-2,7-8,13-14H2,(H,24,25). The molecular formula is C22H23NO4. The number of aliphatic carboxylic acids is 1. The highest BCUT2D eigenvalue weighted by Gasteiger charge is 2.32. The van der Waals surface area contributed by atoms with Crippen molar-refractivity contribution >= 4 is 12.1 Å². The molecule has 1 fully saturated rings. The smallest absolute Gasteiger partial charge is 0.410 e. The molecule has 0 saturated heterocycles. The van der Waals surface area contributed by atoms with Crippen LogP contribution < -0.4 is 0 Å². The number of carbonyl (C=O) groups excluding carboxylic acids is 1. The summed E-state index contributed by atoms with van der Waals surface area (Å²) in [6.07, 6.45) is 3.22. The zero-order valence-corrected chi connectivity index (χ0v) is 15.1. The SMILES string of the molecule is O=C(O)CN(C(=O)OCC1c2ccccc2-c2ccccc21)C1CCCC1. The molecule has 1 amide bonds. The van der Waals surface area contributed by atoms with Crippen molar-refractivity contribution in [3.8, 4) is 11.1 Å². The minimum Gasteiger partial charge on any atom is -0.480 e. The van der Waals surface area contributed by atoms with Gasteiger partial charge in [0.1, 0.15) is 13.2 Å². The van der Waals surface area contributed by atoms with Crippen molar-refractivity contribution in [3.05, 3.63) is 59.7 Å². The molecule has 2 aromatic rings. The number of benzene rings is 2. The minimum atomic E-state index is -1.00. The minimum absolute atomic E-state index is 0.0170. The lowest BCUT2D eigenvalue weighted by Crippen LogP contribution is -2.43. The van der Waals surface area contributed by atoms with Crippen LogP contribution in [0, 0.1) is 0 Å². The highest BCUT2D eigenvalue weighted by Crippen LogP contribution is 2.44. The number of carbonyl (C=O) groups is 2. The molecule has 2 aromatic carbocycles. The Kier molecular flexibility index (Phi) is 4.84. The highest BCUT2D eigenvalue weighted by atomic mass is 16.6. The first kappa shape index (κ1) is 17.6. The molecule has 140 valence electrons. The second kappa shape index (κ2) is 7.43. The Morgan fingerprint density at radius 2 is 1.52 bits per heavy atom. The van der Waals surface area contributed by atoms with Gasteiger partial charge in [-0.25, -0.2) is 4.79 Å². The molecule has 1 N–H and O–H groups in total. The van der Waals surface area contributed by atoms with E-state index in [1.807, 2.05) is 24.3 Å². The second-order valence-electron chi connectivity index (χ2n) is 7.26. The van der Waals surface area contributed by atoms with Crippen LogP contribution in [0.4, 0.5) is 4.79 Å². The zero-order chi connectivity index (χ0) is 18.8. The Balaban J connectivity index is 1.52. The summed E-state index contributed by atoms with van der Waals surface area (Å²) in [7, 11) is 0. The van der Waals surface area contributed by atoms with Gasteiger partial charge in [-0.1, -0.05) is 61.4 Å². The summed E-state index contributed by atoms with van der Waals surface area (Å²) in [6.45, 7) is -0.0863. The molecule has 0 aromatic heterocycles. The van der Waals surface area contributed by atoms with E-state index in [4.69, 9.17) is 4.74 Å². The van der Waals surface area contributed by atoms with Gasteiger partial charge in [0.25, 0.3) is 0 Å². The van der Waals surface area contributed by atoms with E-state index in [2.05, 4.69) is 24.3 Å². The van der Waals surface area contributed by atoms with Gasteiger partial charge in [-0.3, -0.25) is 9.69 Å². The summed E-state index contributed by atoms with van der Waals surface area (Å²) in [5.74, 6) is -1.02. The molecular weight excluding hydrogens is 342 g/mol. The van der Waals surface area contributed by atoms with E-state index in [-0.39, 0.29) is 25.1 Å². The van der Waals surface area contributed by atoms with Crippen molar-refractivity contribution in [1.82, 2.24) is 4.90 Å². The first-order valence-corrected chi connectivity index (χ1v) is 9.48. The molecule has 0 spiro atoms. The van der Waals surface area contributed by atoms with Gasteiger partial charge in [0.2, 0.25) is 0 Å². The van der Waals surface area contributed by atoms with Crippen molar-refractivity contribution in [2.45, 2.75) is 37.6 Å². The molecule has 0 atom stereocenters. The lowest BCUT2D eigenvalue weighted by atomic mass is 9.98. The van der Waals surface area contributed by atoms with Crippen LogP contribution in [-0.4, -0.2) is 41.3 Å². The molecule has 4 rings (SSSR count). The predicted molar refractivity (Wildman–Crippen MR) is 102 cm³/mol. The maximum atomic E-state index is 12.7. The van der Waals surface area contributed by atoms with Gasteiger partial charge >= 0.3 is 12.1 Å². The predicted octanol–water partition coefficient (Wildman–Crippen LogP) is 4.26. The Labute approximate surface area is 158 Å². The van der Waals surface area contributed by atoms with Crippen LogP contribution in [0.15, 0.2) is 48.5 Å². The van der Waals surface area contributed by atoms with E-state index in [1.165, 1.54) is 16.0 Å². The molecule has 5 nitrogen and oxygen atoms in total. The van der Waals surface area contributed by atoms with E-state index in [0.29, 0.717) is 0 Å². The topological polar surface area (TPSA) is 66.8 Å². The first-order chi connectivity index (χ1) is 13.1. The fourth-order valence-electron chi connectivity index (χ4n) is 4.38. The van der Waals surface area contributed by atoms with Gasteiger partial charge in [-0.2, -0.15) is 0 Å².